The van der Waals surface area contributed by atoms with Crippen LogP contribution in [0.2, 0.25) is 5.28 Å². The van der Waals surface area contributed by atoms with E-state index in [1.807, 2.05) is 0 Å². The summed E-state index contributed by atoms with van der Waals surface area (Å²) in [6.45, 7) is -0.684. The lowest BCUT2D eigenvalue weighted by Gasteiger charge is -2.12. The number of nitrogens with zero attached hydrogens (tertiary/aromatic N) is 3. The van der Waals surface area contributed by atoms with Crippen LogP contribution in [0.15, 0.2) is 29.2 Å². The van der Waals surface area contributed by atoms with E-state index in [2.05, 4.69) is 25.6 Å². The van der Waals surface area contributed by atoms with Gasteiger partial charge in [-0.1, -0.05) is 0 Å². The van der Waals surface area contributed by atoms with Crippen molar-refractivity contribution in [3.63, 3.8) is 0 Å². The zero-order valence-electron chi connectivity index (χ0n) is 12.4. The topological polar surface area (TPSA) is 180 Å². The molecule has 11 nitrogen and oxygen atoms in total. The molecule has 25 heavy (non-hydrogen) atoms. The lowest BCUT2D eigenvalue weighted by atomic mass is 10.3. The van der Waals surface area contributed by atoms with Crippen LogP contribution in [0.3, 0.4) is 0 Å². The Morgan fingerprint density at radius 2 is 1.80 bits per heavy atom. The predicted molar refractivity (Wildman–Crippen MR) is 88.1 cm³/mol. The summed E-state index contributed by atoms with van der Waals surface area (Å²) >= 11 is 5.76. The SMILES string of the molecule is NS(=O)(=O)c1ccc(Nc2nc(Cl)nc(NC(CO)C(=O)O)n2)cc1. The summed E-state index contributed by atoms with van der Waals surface area (Å²) in [6.07, 6.45) is 0. The van der Waals surface area contributed by atoms with Crippen molar-refractivity contribution in [2.24, 2.45) is 5.14 Å². The monoisotopic (exact) mass is 388 g/mol. The van der Waals surface area contributed by atoms with Gasteiger partial charge in [0.15, 0.2) is 6.04 Å². The molecule has 134 valence electrons. The van der Waals surface area contributed by atoms with Crippen molar-refractivity contribution in [1.82, 2.24) is 15.0 Å². The van der Waals surface area contributed by atoms with Gasteiger partial charge in [0.1, 0.15) is 0 Å². The zero-order valence-corrected chi connectivity index (χ0v) is 14.0. The molecular weight excluding hydrogens is 376 g/mol. The minimum atomic E-state index is -3.81. The summed E-state index contributed by atoms with van der Waals surface area (Å²) in [4.78, 5) is 22.3. The van der Waals surface area contributed by atoms with Crippen LogP contribution < -0.4 is 15.8 Å². The largest absolute Gasteiger partial charge is 0.480 e. The number of carbonyl (C=O) groups is 1. The van der Waals surface area contributed by atoms with Crippen LogP contribution >= 0.6 is 11.6 Å². The molecule has 0 saturated heterocycles. The Morgan fingerprint density at radius 3 is 2.32 bits per heavy atom. The molecule has 2 aromatic rings. The highest BCUT2D eigenvalue weighted by atomic mass is 35.5. The fourth-order valence-corrected chi connectivity index (χ4v) is 2.34. The van der Waals surface area contributed by atoms with Crippen molar-refractivity contribution in [2.45, 2.75) is 10.9 Å². The molecule has 13 heteroatoms. The van der Waals surface area contributed by atoms with E-state index in [4.69, 9.17) is 27.0 Å². The molecule has 0 saturated carbocycles. The molecule has 0 amide bonds. The Morgan fingerprint density at radius 1 is 1.20 bits per heavy atom. The number of carboxylic acid groups (broad SMARTS) is 1. The molecule has 1 unspecified atom stereocenters. The van der Waals surface area contributed by atoms with Crippen LogP contribution in [0.5, 0.6) is 0 Å². The maximum atomic E-state index is 11.2. The number of anilines is 3. The predicted octanol–water partition coefficient (Wildman–Crippen LogP) is -0.227. The van der Waals surface area contributed by atoms with Crippen LogP contribution in [-0.4, -0.2) is 52.2 Å². The molecule has 0 fully saturated rings. The Kier molecular flexibility index (Phi) is 5.69. The first kappa shape index (κ1) is 18.8. The number of aliphatic hydroxyl groups excluding tert-OH is 1. The van der Waals surface area contributed by atoms with Gasteiger partial charge in [-0.3, -0.25) is 0 Å². The molecule has 0 bridgehead atoms. The number of nitrogens with one attached hydrogen (secondary N) is 2. The van der Waals surface area contributed by atoms with Gasteiger partial charge in [-0.05, 0) is 35.9 Å². The average Bonchev–Trinajstić information content (AvgIpc) is 2.51. The van der Waals surface area contributed by atoms with Crippen LogP contribution in [0, 0.1) is 0 Å². The number of nitrogens with two attached hydrogens (primary N) is 1. The summed E-state index contributed by atoms with van der Waals surface area (Å²) in [5.74, 6) is -1.48. The number of hydrogen-bond acceptors (Lipinski definition) is 9. The first-order valence-electron chi connectivity index (χ1n) is 6.60. The molecule has 6 N–H and O–H groups in total. The molecule has 1 heterocycles. The molecule has 1 aromatic carbocycles. The highest BCUT2D eigenvalue weighted by Crippen LogP contribution is 2.18. The molecular formula is C12H13ClN6O5S. The van der Waals surface area contributed by atoms with Crippen molar-refractivity contribution >= 4 is 45.2 Å². The lowest BCUT2D eigenvalue weighted by Crippen LogP contribution is -2.33. The quantitative estimate of drug-likeness (QED) is 0.425. The van der Waals surface area contributed by atoms with Gasteiger partial charge in [0.2, 0.25) is 27.2 Å². The second-order valence-electron chi connectivity index (χ2n) is 4.66. The number of primary sulfonamides is 1. The van der Waals surface area contributed by atoms with Gasteiger partial charge in [-0.15, -0.1) is 0 Å². The molecule has 2 rings (SSSR count). The molecule has 0 aliphatic rings. The van der Waals surface area contributed by atoms with Gasteiger partial charge in [0, 0.05) is 5.69 Å². The second-order valence-corrected chi connectivity index (χ2v) is 6.56. The van der Waals surface area contributed by atoms with E-state index in [0.717, 1.165) is 0 Å². The molecule has 1 atom stereocenters. The number of sulfonamides is 1. The molecule has 0 aliphatic heterocycles. The Hall–Kier alpha value is -2.54. The van der Waals surface area contributed by atoms with E-state index in [9.17, 15) is 13.2 Å². The normalized spacial score (nSPS) is 12.4. The van der Waals surface area contributed by atoms with Crippen molar-refractivity contribution in [1.29, 1.82) is 0 Å². The first-order chi connectivity index (χ1) is 11.7. The van der Waals surface area contributed by atoms with Crippen LogP contribution in [-0.2, 0) is 14.8 Å². The maximum absolute atomic E-state index is 11.2. The van der Waals surface area contributed by atoms with Gasteiger partial charge in [-0.25, -0.2) is 18.4 Å². The van der Waals surface area contributed by atoms with Gasteiger partial charge in [0.25, 0.3) is 0 Å². The van der Waals surface area contributed by atoms with Gasteiger partial charge in [-0.2, -0.15) is 15.0 Å². The number of hydrogen-bond donors (Lipinski definition) is 5. The molecule has 1 aromatic heterocycles. The fourth-order valence-electron chi connectivity index (χ4n) is 1.67. The van der Waals surface area contributed by atoms with Gasteiger partial charge < -0.3 is 20.8 Å². The maximum Gasteiger partial charge on any atom is 0.328 e. The van der Waals surface area contributed by atoms with E-state index >= 15 is 0 Å². The minimum absolute atomic E-state index is 0.0204. The van der Waals surface area contributed by atoms with Crippen molar-refractivity contribution in [3.05, 3.63) is 29.5 Å². The highest BCUT2D eigenvalue weighted by Gasteiger charge is 2.18. The minimum Gasteiger partial charge on any atom is -0.480 e. The highest BCUT2D eigenvalue weighted by molar-refractivity contribution is 7.89. The van der Waals surface area contributed by atoms with E-state index < -0.39 is 28.6 Å². The first-order valence-corrected chi connectivity index (χ1v) is 8.53. The third kappa shape index (κ3) is 5.22. The molecule has 0 radical (unpaired) electrons. The Labute approximate surface area is 146 Å². The Bertz CT molecular complexity index is 876. The third-order valence-corrected chi connectivity index (χ3v) is 3.93. The van der Waals surface area contributed by atoms with E-state index in [1.54, 1.807) is 0 Å². The van der Waals surface area contributed by atoms with E-state index in [-0.39, 0.29) is 22.1 Å². The van der Waals surface area contributed by atoms with Crippen LogP contribution in [0.4, 0.5) is 17.6 Å². The standard InChI is InChI=1S/C12H13ClN6O5S/c13-10-17-11(19-12(18-10)16-8(5-20)9(21)22)15-6-1-3-7(4-2-6)25(14,23)24/h1-4,8,20H,5H2,(H,21,22)(H2,14,23,24)(H2,15,16,17,18,19). The van der Waals surface area contributed by atoms with Gasteiger partial charge >= 0.3 is 5.97 Å². The third-order valence-electron chi connectivity index (χ3n) is 2.83. The van der Waals surface area contributed by atoms with Crippen LogP contribution in [0.1, 0.15) is 0 Å². The number of halogens is 1. The number of carboxylic acids is 1. The van der Waals surface area contributed by atoms with Crippen molar-refractivity contribution < 1.29 is 23.4 Å². The number of aliphatic carboxylic acids is 1. The molecule has 0 aliphatic carbocycles. The van der Waals surface area contributed by atoms with E-state index in [0.29, 0.717) is 5.69 Å². The average molecular weight is 389 g/mol. The summed E-state index contributed by atoms with van der Waals surface area (Å²) in [5.41, 5.74) is 0.428. The van der Waals surface area contributed by atoms with E-state index in [1.165, 1.54) is 24.3 Å². The molecule has 0 spiro atoms. The number of rotatable bonds is 7. The second kappa shape index (κ2) is 7.57. The van der Waals surface area contributed by atoms with Crippen molar-refractivity contribution in [2.75, 3.05) is 17.2 Å². The summed E-state index contributed by atoms with van der Waals surface area (Å²) in [5, 5.41) is 27.8. The number of aliphatic hydroxyl groups is 1. The fraction of sp³-hybridized carbons (Fsp3) is 0.167. The zero-order chi connectivity index (χ0) is 18.6. The van der Waals surface area contributed by atoms with Gasteiger partial charge in [0.05, 0.1) is 11.5 Å². The Balaban J connectivity index is 2.21. The van der Waals surface area contributed by atoms with Crippen LogP contribution in [0.25, 0.3) is 0 Å². The van der Waals surface area contributed by atoms with Crippen molar-refractivity contribution in [3.8, 4) is 0 Å². The lowest BCUT2D eigenvalue weighted by molar-refractivity contribution is -0.138. The number of benzene rings is 1. The number of aromatic nitrogens is 3. The summed E-state index contributed by atoms with van der Waals surface area (Å²) in [6, 6.07) is 4.11. The smallest absolute Gasteiger partial charge is 0.328 e. The summed E-state index contributed by atoms with van der Waals surface area (Å²) < 4.78 is 22.4. The summed E-state index contributed by atoms with van der Waals surface area (Å²) in [7, 11) is -3.81.